The van der Waals surface area contributed by atoms with E-state index in [1.165, 1.54) is 4.88 Å². The Bertz CT molecular complexity index is 643. The number of halogens is 1. The number of aromatic nitrogens is 2. The fraction of sp³-hybridized carbons (Fsp3) is 0.357. The molecule has 2 N–H and O–H groups in total. The molecule has 0 aliphatic rings. The van der Waals surface area contributed by atoms with Crippen LogP contribution in [-0.4, -0.2) is 27.6 Å². The second kappa shape index (κ2) is 7.00. The van der Waals surface area contributed by atoms with Crippen LogP contribution in [0.4, 0.5) is 5.69 Å². The van der Waals surface area contributed by atoms with Crippen molar-refractivity contribution in [1.82, 2.24) is 9.97 Å². The van der Waals surface area contributed by atoms with E-state index in [2.05, 4.69) is 31.2 Å². The highest BCUT2D eigenvalue weighted by molar-refractivity contribution is 9.11. The Morgan fingerprint density at radius 1 is 1.48 bits per heavy atom. The highest BCUT2D eigenvalue weighted by Crippen LogP contribution is 2.22. The third-order valence-corrected chi connectivity index (χ3v) is 4.53. The van der Waals surface area contributed by atoms with Gasteiger partial charge >= 0.3 is 5.97 Å². The smallest absolute Gasteiger partial charge is 0.356 e. The SMILES string of the molecule is CC(C)c1ncc(NCCc2ccc(Br)s2)c(C(=O)O)n1. The molecule has 2 aromatic rings. The number of nitrogens with zero attached hydrogens (tertiary/aromatic N) is 2. The van der Waals surface area contributed by atoms with Crippen molar-refractivity contribution in [1.29, 1.82) is 0 Å². The number of nitrogens with one attached hydrogen (secondary N) is 1. The van der Waals surface area contributed by atoms with Crippen molar-refractivity contribution in [3.63, 3.8) is 0 Å². The molecular weight excluding hydrogens is 354 g/mol. The van der Waals surface area contributed by atoms with Gasteiger partial charge in [0, 0.05) is 17.3 Å². The minimum Gasteiger partial charge on any atom is -0.476 e. The van der Waals surface area contributed by atoms with Gasteiger partial charge in [0.15, 0.2) is 5.69 Å². The van der Waals surface area contributed by atoms with E-state index in [0.717, 1.165) is 10.2 Å². The van der Waals surface area contributed by atoms with Crippen molar-refractivity contribution in [2.24, 2.45) is 0 Å². The molecule has 0 saturated carbocycles. The van der Waals surface area contributed by atoms with Crippen LogP contribution in [0, 0.1) is 0 Å². The second-order valence-corrected chi connectivity index (χ2v) is 7.38. The molecule has 0 aliphatic heterocycles. The summed E-state index contributed by atoms with van der Waals surface area (Å²) in [5.41, 5.74) is 0.489. The van der Waals surface area contributed by atoms with E-state index in [1.807, 2.05) is 26.0 Å². The maximum absolute atomic E-state index is 11.3. The van der Waals surface area contributed by atoms with E-state index >= 15 is 0 Å². The molecular formula is C14H16BrN3O2S. The molecule has 0 aliphatic carbocycles. The molecule has 2 heterocycles. The zero-order valence-electron chi connectivity index (χ0n) is 11.8. The normalized spacial score (nSPS) is 10.9. The molecule has 0 unspecified atom stereocenters. The number of thiophene rings is 1. The van der Waals surface area contributed by atoms with Crippen LogP contribution in [0.15, 0.2) is 22.1 Å². The van der Waals surface area contributed by atoms with Crippen molar-refractivity contribution < 1.29 is 9.90 Å². The zero-order valence-corrected chi connectivity index (χ0v) is 14.2. The molecule has 2 rings (SSSR count). The van der Waals surface area contributed by atoms with Crippen molar-refractivity contribution in [3.8, 4) is 0 Å². The zero-order chi connectivity index (χ0) is 15.4. The van der Waals surface area contributed by atoms with Gasteiger partial charge in [-0.1, -0.05) is 13.8 Å². The van der Waals surface area contributed by atoms with Gasteiger partial charge in [0.1, 0.15) is 5.82 Å². The van der Waals surface area contributed by atoms with Gasteiger partial charge in [0.2, 0.25) is 0 Å². The maximum Gasteiger partial charge on any atom is 0.356 e. The number of aromatic carboxylic acids is 1. The number of carbonyl (C=O) groups is 1. The summed E-state index contributed by atoms with van der Waals surface area (Å²) in [4.78, 5) is 20.9. The number of hydrogen-bond donors (Lipinski definition) is 2. The molecule has 7 heteroatoms. The summed E-state index contributed by atoms with van der Waals surface area (Å²) in [6.45, 7) is 4.50. The first kappa shape index (κ1) is 15.9. The minimum absolute atomic E-state index is 0.0288. The lowest BCUT2D eigenvalue weighted by atomic mass is 10.2. The molecule has 5 nitrogen and oxygen atoms in total. The molecule has 0 spiro atoms. The van der Waals surface area contributed by atoms with Gasteiger partial charge in [-0.3, -0.25) is 0 Å². The monoisotopic (exact) mass is 369 g/mol. The second-order valence-electron chi connectivity index (χ2n) is 4.83. The predicted molar refractivity (Wildman–Crippen MR) is 87.3 cm³/mol. The lowest BCUT2D eigenvalue weighted by Gasteiger charge is -2.10. The topological polar surface area (TPSA) is 75.1 Å². The van der Waals surface area contributed by atoms with Crippen molar-refractivity contribution in [2.75, 3.05) is 11.9 Å². The van der Waals surface area contributed by atoms with Crippen LogP contribution in [0.25, 0.3) is 0 Å². The van der Waals surface area contributed by atoms with Gasteiger partial charge in [-0.05, 0) is 34.5 Å². The van der Waals surface area contributed by atoms with Crippen LogP contribution in [0.3, 0.4) is 0 Å². The number of anilines is 1. The Balaban J connectivity index is 2.06. The first-order valence-electron chi connectivity index (χ1n) is 6.55. The molecule has 112 valence electrons. The highest BCUT2D eigenvalue weighted by atomic mass is 79.9. The Kier molecular flexibility index (Phi) is 5.30. The van der Waals surface area contributed by atoms with Gasteiger partial charge < -0.3 is 10.4 Å². The summed E-state index contributed by atoms with van der Waals surface area (Å²) in [6.07, 6.45) is 2.37. The minimum atomic E-state index is -1.04. The van der Waals surface area contributed by atoms with Crippen molar-refractivity contribution >= 4 is 38.9 Å². The number of hydrogen-bond acceptors (Lipinski definition) is 5. The maximum atomic E-state index is 11.3. The van der Waals surface area contributed by atoms with E-state index in [4.69, 9.17) is 0 Å². The number of rotatable bonds is 6. The fourth-order valence-corrected chi connectivity index (χ4v) is 3.26. The fourth-order valence-electron chi connectivity index (χ4n) is 1.77. The van der Waals surface area contributed by atoms with Crippen molar-refractivity contribution in [2.45, 2.75) is 26.2 Å². The molecule has 0 atom stereocenters. The first-order chi connectivity index (χ1) is 9.97. The molecule has 0 bridgehead atoms. The summed E-state index contributed by atoms with van der Waals surface area (Å²) in [5.74, 6) is -0.401. The Morgan fingerprint density at radius 2 is 2.24 bits per heavy atom. The Hall–Kier alpha value is -1.47. The quantitative estimate of drug-likeness (QED) is 0.810. The van der Waals surface area contributed by atoms with Gasteiger partial charge in [-0.2, -0.15) is 0 Å². The molecule has 2 aromatic heterocycles. The third-order valence-electron chi connectivity index (χ3n) is 2.84. The van der Waals surface area contributed by atoms with Gasteiger partial charge in [-0.15, -0.1) is 11.3 Å². The lowest BCUT2D eigenvalue weighted by molar-refractivity contribution is 0.0691. The molecule has 0 fully saturated rings. The molecule has 0 saturated heterocycles. The van der Waals surface area contributed by atoms with Gasteiger partial charge in [0.05, 0.1) is 15.7 Å². The van der Waals surface area contributed by atoms with Crippen LogP contribution in [0.1, 0.15) is 41.0 Å². The predicted octanol–water partition coefficient (Wildman–Crippen LogP) is 3.78. The van der Waals surface area contributed by atoms with Crippen LogP contribution >= 0.6 is 27.3 Å². The molecule has 21 heavy (non-hydrogen) atoms. The van der Waals surface area contributed by atoms with E-state index in [0.29, 0.717) is 18.1 Å². The van der Waals surface area contributed by atoms with Crippen molar-refractivity contribution in [3.05, 3.63) is 38.5 Å². The van der Waals surface area contributed by atoms with E-state index in [-0.39, 0.29) is 11.6 Å². The van der Waals surface area contributed by atoms with Crippen LogP contribution in [-0.2, 0) is 6.42 Å². The summed E-state index contributed by atoms with van der Waals surface area (Å²) < 4.78 is 1.09. The van der Waals surface area contributed by atoms with E-state index in [1.54, 1.807) is 17.5 Å². The molecule has 0 aromatic carbocycles. The largest absolute Gasteiger partial charge is 0.476 e. The van der Waals surface area contributed by atoms with E-state index < -0.39 is 5.97 Å². The number of carboxylic acid groups (broad SMARTS) is 1. The first-order valence-corrected chi connectivity index (χ1v) is 8.16. The summed E-state index contributed by atoms with van der Waals surface area (Å²) in [5, 5.41) is 12.4. The van der Waals surface area contributed by atoms with Crippen LogP contribution < -0.4 is 5.32 Å². The van der Waals surface area contributed by atoms with Crippen LogP contribution in [0.5, 0.6) is 0 Å². The third kappa shape index (κ3) is 4.25. The molecule has 0 amide bonds. The highest BCUT2D eigenvalue weighted by Gasteiger charge is 2.15. The summed E-state index contributed by atoms with van der Waals surface area (Å²) >= 11 is 5.09. The Labute approximate surface area is 135 Å². The lowest BCUT2D eigenvalue weighted by Crippen LogP contribution is -2.13. The average molecular weight is 370 g/mol. The summed E-state index contributed by atoms with van der Waals surface area (Å²) in [7, 11) is 0. The van der Waals surface area contributed by atoms with Gasteiger partial charge in [0.25, 0.3) is 0 Å². The summed E-state index contributed by atoms with van der Waals surface area (Å²) in [6, 6.07) is 4.05. The number of carboxylic acids is 1. The van der Waals surface area contributed by atoms with E-state index in [9.17, 15) is 9.90 Å². The average Bonchev–Trinajstić information content (AvgIpc) is 2.84. The standard InChI is InChI=1S/C14H16BrN3O2S/c1-8(2)13-17-7-10(12(18-13)14(19)20)16-6-5-9-3-4-11(15)21-9/h3-4,7-8,16H,5-6H2,1-2H3,(H,19,20). The Morgan fingerprint density at radius 3 is 2.81 bits per heavy atom. The van der Waals surface area contributed by atoms with Crippen LogP contribution in [0.2, 0.25) is 0 Å². The van der Waals surface area contributed by atoms with Gasteiger partial charge in [-0.25, -0.2) is 14.8 Å². The molecule has 0 radical (unpaired) electrons.